The smallest absolute Gasteiger partial charge is 0.294 e. The summed E-state index contributed by atoms with van der Waals surface area (Å²) >= 11 is 0.791. The summed E-state index contributed by atoms with van der Waals surface area (Å²) in [6.45, 7) is 5.75. The number of nitrogens with zero attached hydrogens (tertiary/aromatic N) is 2. The molecule has 0 amide bonds. The molecule has 0 saturated heterocycles. The van der Waals surface area contributed by atoms with Crippen LogP contribution in [0.5, 0.6) is 0 Å². The number of Topliss-reactive ketones (excluding diaryl/α,β-unsaturated/α-hetero) is 1. The highest BCUT2D eigenvalue weighted by molar-refractivity contribution is 7.94. The van der Waals surface area contributed by atoms with Crippen molar-refractivity contribution in [2.45, 2.75) is 43.2 Å². The van der Waals surface area contributed by atoms with Crippen molar-refractivity contribution in [3.8, 4) is 0 Å². The lowest BCUT2D eigenvalue weighted by molar-refractivity contribution is -0.195. The van der Waals surface area contributed by atoms with Crippen LogP contribution >= 0.6 is 12.0 Å². The topological polar surface area (TPSA) is 158 Å². The first-order valence-corrected chi connectivity index (χ1v) is 16.0. The molecule has 0 aliphatic heterocycles. The standard InChI is InChI=1S/C17H15F3N2O3S.C15H17N3O2S/c1-11-2-4-12(5-3-11)15(23)10-16(17(18,19)20)22-13-6-8-14(9-7-13)26-25-24-21;1-11-3-5-13(6-4-11)12(2)17-18-14-7-9-15(10-8-14)21(16,19)20/h2-9H,10,21H2,1H3;3-10,18H,1-2H3,(H2,16,19,20)/b;17-12+. The van der Waals surface area contributed by atoms with Gasteiger partial charge in [-0.05, 0) is 74.9 Å². The Morgan fingerprint density at radius 1 is 0.851 bits per heavy atom. The molecular weight excluding hydrogens is 656 g/mol. The third kappa shape index (κ3) is 12.4. The Balaban J connectivity index is 0.000000261. The number of ketones is 1. The molecule has 4 aromatic carbocycles. The monoisotopic (exact) mass is 687 g/mol. The number of halogens is 3. The SMILES string of the molecule is C/C(=N\Nc1ccc(S(N)(=O)=O)cc1)c1ccc(C)cc1.Cc1ccc(C(=O)CC(=Nc2ccc(SOON)cc2)C(F)(F)F)cc1. The molecule has 15 heteroatoms. The molecule has 0 unspecified atom stereocenters. The van der Waals surface area contributed by atoms with E-state index in [1.807, 2.05) is 45.0 Å². The van der Waals surface area contributed by atoms with Crippen LogP contribution < -0.4 is 16.5 Å². The Morgan fingerprint density at radius 3 is 1.87 bits per heavy atom. The van der Waals surface area contributed by atoms with E-state index < -0.39 is 34.1 Å². The second kappa shape index (κ2) is 17.0. The molecule has 0 aromatic heterocycles. The largest absolute Gasteiger partial charge is 0.429 e. The lowest BCUT2D eigenvalue weighted by atomic mass is 10.0. The fourth-order valence-corrected chi connectivity index (χ4v) is 4.60. The van der Waals surface area contributed by atoms with Gasteiger partial charge in [-0.1, -0.05) is 59.7 Å². The number of carbonyl (C=O) groups is 1. The molecule has 0 heterocycles. The molecule has 0 fully saturated rings. The van der Waals surface area contributed by atoms with E-state index in [4.69, 9.17) is 11.0 Å². The minimum atomic E-state index is -4.72. The molecule has 0 radical (unpaired) electrons. The average Bonchev–Trinajstić information content (AvgIpc) is 3.03. The van der Waals surface area contributed by atoms with E-state index in [-0.39, 0.29) is 16.1 Å². The van der Waals surface area contributed by atoms with Crippen molar-refractivity contribution < 1.29 is 35.7 Å². The number of anilines is 1. The van der Waals surface area contributed by atoms with Crippen molar-refractivity contribution in [2.75, 3.05) is 5.43 Å². The summed E-state index contributed by atoms with van der Waals surface area (Å²) in [7, 11) is -3.66. The Morgan fingerprint density at radius 2 is 1.38 bits per heavy atom. The number of aliphatic imine (C=N–C) groups is 1. The van der Waals surface area contributed by atoms with Crippen LogP contribution in [0.2, 0.25) is 0 Å². The molecular formula is C32H32F3N5O5S2. The number of alkyl halides is 3. The normalized spacial score (nSPS) is 12.3. The van der Waals surface area contributed by atoms with Crippen molar-refractivity contribution in [1.29, 1.82) is 0 Å². The molecule has 5 N–H and O–H groups in total. The molecule has 0 bridgehead atoms. The van der Waals surface area contributed by atoms with Crippen LogP contribution in [0.3, 0.4) is 0 Å². The molecule has 4 rings (SSSR count). The molecule has 47 heavy (non-hydrogen) atoms. The van der Waals surface area contributed by atoms with Gasteiger partial charge < -0.3 is 0 Å². The highest BCUT2D eigenvalue weighted by atomic mass is 32.2. The van der Waals surface area contributed by atoms with Gasteiger partial charge in [-0.25, -0.2) is 18.5 Å². The maximum absolute atomic E-state index is 13.3. The summed E-state index contributed by atoms with van der Waals surface area (Å²) in [6.07, 6.45) is -5.56. The maximum Gasteiger partial charge on any atom is 0.429 e. The number of hydrogen-bond donors (Lipinski definition) is 3. The van der Waals surface area contributed by atoms with E-state index in [0.717, 1.165) is 28.9 Å². The number of nitrogens with one attached hydrogen (secondary N) is 1. The van der Waals surface area contributed by atoms with Gasteiger partial charge in [0, 0.05) is 10.5 Å². The Bertz CT molecular complexity index is 1800. The third-order valence-electron chi connectivity index (χ3n) is 6.30. The number of hydrogen-bond acceptors (Lipinski definition) is 10. The van der Waals surface area contributed by atoms with E-state index in [2.05, 4.69) is 24.8 Å². The number of benzene rings is 4. The summed E-state index contributed by atoms with van der Waals surface area (Å²) in [4.78, 5) is 20.3. The van der Waals surface area contributed by atoms with Crippen molar-refractivity contribution in [3.05, 3.63) is 119 Å². The first-order valence-electron chi connectivity index (χ1n) is 13.7. The zero-order valence-electron chi connectivity index (χ0n) is 25.5. The van der Waals surface area contributed by atoms with Crippen LogP contribution in [-0.4, -0.2) is 31.8 Å². The van der Waals surface area contributed by atoms with Crippen LogP contribution in [0.15, 0.2) is 117 Å². The summed E-state index contributed by atoms with van der Waals surface area (Å²) in [5.41, 5.74) is 6.65. The van der Waals surface area contributed by atoms with Crippen LogP contribution in [0.25, 0.3) is 0 Å². The van der Waals surface area contributed by atoms with Gasteiger partial charge in [-0.2, -0.15) is 24.2 Å². The number of nitrogens with two attached hydrogens (primary N) is 2. The van der Waals surface area contributed by atoms with Gasteiger partial charge in [-0.15, -0.1) is 9.32 Å². The molecule has 0 aliphatic carbocycles. The van der Waals surface area contributed by atoms with E-state index in [0.29, 0.717) is 10.6 Å². The van der Waals surface area contributed by atoms with Crippen molar-refractivity contribution in [2.24, 2.45) is 21.1 Å². The van der Waals surface area contributed by atoms with Crippen LogP contribution in [0.1, 0.15) is 40.4 Å². The number of rotatable bonds is 11. The highest BCUT2D eigenvalue weighted by Gasteiger charge is 2.37. The van der Waals surface area contributed by atoms with Crippen LogP contribution in [0, 0.1) is 13.8 Å². The Labute approximate surface area is 274 Å². The van der Waals surface area contributed by atoms with Gasteiger partial charge >= 0.3 is 6.18 Å². The van der Waals surface area contributed by atoms with Gasteiger partial charge in [0.05, 0.1) is 40.4 Å². The lowest BCUT2D eigenvalue weighted by Gasteiger charge is -2.10. The molecule has 0 atom stereocenters. The van der Waals surface area contributed by atoms with Crippen LogP contribution in [-0.2, 0) is 19.3 Å². The molecule has 0 aliphatic rings. The van der Waals surface area contributed by atoms with Crippen molar-refractivity contribution in [3.63, 3.8) is 0 Å². The van der Waals surface area contributed by atoms with Gasteiger partial charge in [-0.3, -0.25) is 10.2 Å². The van der Waals surface area contributed by atoms with Crippen molar-refractivity contribution in [1.82, 2.24) is 0 Å². The van der Waals surface area contributed by atoms with Crippen molar-refractivity contribution >= 4 is 50.6 Å². The molecule has 0 spiro atoms. The van der Waals surface area contributed by atoms with E-state index >= 15 is 0 Å². The zero-order valence-corrected chi connectivity index (χ0v) is 27.1. The first kappa shape index (κ1) is 37.1. The zero-order chi connectivity index (χ0) is 34.6. The minimum Gasteiger partial charge on any atom is -0.294 e. The highest BCUT2D eigenvalue weighted by Crippen LogP contribution is 2.27. The van der Waals surface area contributed by atoms with E-state index in [1.165, 1.54) is 54.1 Å². The van der Waals surface area contributed by atoms with Crippen LogP contribution in [0.4, 0.5) is 24.5 Å². The number of primary sulfonamides is 1. The molecule has 4 aromatic rings. The number of sulfonamides is 1. The van der Waals surface area contributed by atoms with E-state index in [9.17, 15) is 26.4 Å². The second-order valence-corrected chi connectivity index (χ2v) is 12.3. The number of hydrazone groups is 1. The Hall–Kier alpha value is -4.38. The quantitative estimate of drug-likeness (QED) is 0.0491. The first-order chi connectivity index (χ1) is 22.2. The van der Waals surface area contributed by atoms with Gasteiger partial charge in [0.2, 0.25) is 10.0 Å². The molecule has 10 nitrogen and oxygen atoms in total. The fraction of sp³-hybridized carbons (Fsp3) is 0.156. The van der Waals surface area contributed by atoms with Gasteiger partial charge in [0.25, 0.3) is 0 Å². The summed E-state index contributed by atoms with van der Waals surface area (Å²) in [6, 6.07) is 26.2. The lowest BCUT2D eigenvalue weighted by Crippen LogP contribution is -2.25. The fourth-order valence-electron chi connectivity index (χ4n) is 3.71. The third-order valence-corrected chi connectivity index (χ3v) is 7.84. The average molecular weight is 688 g/mol. The molecule has 0 saturated carbocycles. The summed E-state index contributed by atoms with van der Waals surface area (Å²) in [5, 5.41) is 9.31. The number of carbonyl (C=O) groups excluding carboxylic acids is 1. The Kier molecular flexibility index (Phi) is 13.4. The maximum atomic E-state index is 13.3. The molecule has 248 valence electrons. The minimum absolute atomic E-state index is 0.0621. The second-order valence-electron chi connectivity index (χ2n) is 10.0. The summed E-state index contributed by atoms with van der Waals surface area (Å²) < 4.78 is 66.5. The number of aryl methyl sites for hydroxylation is 2. The predicted molar refractivity (Wildman–Crippen MR) is 177 cm³/mol. The van der Waals surface area contributed by atoms with E-state index in [1.54, 1.807) is 24.3 Å². The van der Waals surface area contributed by atoms with Gasteiger partial charge in [0.15, 0.2) is 5.78 Å². The predicted octanol–water partition coefficient (Wildman–Crippen LogP) is 7.21. The summed E-state index contributed by atoms with van der Waals surface area (Å²) in [5.74, 6) is 4.05. The van der Waals surface area contributed by atoms with Gasteiger partial charge in [0.1, 0.15) is 5.71 Å².